The molecule has 2 aromatic rings. The van der Waals surface area contributed by atoms with Gasteiger partial charge in [-0.1, -0.05) is 0 Å². The van der Waals surface area contributed by atoms with Crippen molar-refractivity contribution in [3.05, 3.63) is 16.8 Å². The largest absolute Gasteiger partial charge is 0.480 e. The van der Waals surface area contributed by atoms with Crippen molar-refractivity contribution in [2.75, 3.05) is 18.0 Å². The molecule has 1 aliphatic heterocycles. The number of carbonyl (C=O) groups excluding carboxylic acids is 1. The SMILES string of the molecule is Cc1sc2ncnc(N3CCC(C(=O)NC4(C(=O)O)CCC4)CC3)c2c1C. The number of piperidine rings is 1. The molecule has 2 aromatic heterocycles. The summed E-state index contributed by atoms with van der Waals surface area (Å²) in [6, 6.07) is 0. The van der Waals surface area contributed by atoms with Crippen LogP contribution in [0.1, 0.15) is 42.5 Å². The number of thiophene rings is 1. The molecule has 1 amide bonds. The number of nitrogens with zero attached hydrogens (tertiary/aromatic N) is 3. The Bertz CT molecular complexity index is 898. The number of carbonyl (C=O) groups is 2. The Morgan fingerprint density at radius 2 is 1.96 bits per heavy atom. The minimum absolute atomic E-state index is 0.118. The summed E-state index contributed by atoms with van der Waals surface area (Å²) in [4.78, 5) is 37.5. The Morgan fingerprint density at radius 3 is 2.56 bits per heavy atom. The third kappa shape index (κ3) is 3.05. The number of rotatable bonds is 4. The van der Waals surface area contributed by atoms with Crippen LogP contribution in [0, 0.1) is 19.8 Å². The number of aryl methyl sites for hydroxylation is 2. The van der Waals surface area contributed by atoms with Gasteiger partial charge in [-0.3, -0.25) is 4.79 Å². The van der Waals surface area contributed by atoms with E-state index in [1.807, 2.05) is 0 Å². The number of hydrogen-bond acceptors (Lipinski definition) is 6. The van der Waals surface area contributed by atoms with E-state index in [2.05, 4.69) is 34.0 Å². The lowest BCUT2D eigenvalue weighted by Gasteiger charge is -2.40. The zero-order valence-corrected chi connectivity index (χ0v) is 16.4. The highest BCUT2D eigenvalue weighted by Crippen LogP contribution is 2.36. The molecular weight excluding hydrogens is 364 g/mol. The number of aromatic nitrogens is 2. The van der Waals surface area contributed by atoms with Crippen LogP contribution in [0.25, 0.3) is 10.2 Å². The molecule has 4 rings (SSSR count). The molecule has 0 atom stereocenters. The molecule has 0 unspecified atom stereocenters. The first-order chi connectivity index (χ1) is 12.9. The Labute approximate surface area is 161 Å². The van der Waals surface area contributed by atoms with Crippen molar-refractivity contribution in [1.82, 2.24) is 15.3 Å². The molecule has 0 bridgehead atoms. The second kappa shape index (κ2) is 6.74. The molecule has 0 aromatic carbocycles. The Kier molecular flexibility index (Phi) is 4.53. The molecule has 2 aliphatic rings. The number of amides is 1. The van der Waals surface area contributed by atoms with Crippen molar-refractivity contribution in [2.45, 2.75) is 51.5 Å². The first-order valence-electron chi connectivity index (χ1n) is 9.42. The van der Waals surface area contributed by atoms with E-state index in [0.717, 1.165) is 35.5 Å². The molecule has 144 valence electrons. The molecule has 0 radical (unpaired) electrons. The van der Waals surface area contributed by atoms with Gasteiger partial charge in [-0.2, -0.15) is 0 Å². The molecule has 7 nitrogen and oxygen atoms in total. The van der Waals surface area contributed by atoms with Crippen LogP contribution in [0.2, 0.25) is 0 Å². The summed E-state index contributed by atoms with van der Waals surface area (Å²) in [6.45, 7) is 5.67. The number of hydrogen-bond donors (Lipinski definition) is 2. The van der Waals surface area contributed by atoms with Gasteiger partial charge < -0.3 is 15.3 Å². The summed E-state index contributed by atoms with van der Waals surface area (Å²) < 4.78 is 0. The number of aliphatic carboxylic acids is 1. The molecule has 8 heteroatoms. The van der Waals surface area contributed by atoms with Crippen LogP contribution in [0.4, 0.5) is 5.82 Å². The molecular formula is C19H24N4O3S. The van der Waals surface area contributed by atoms with Gasteiger partial charge in [0, 0.05) is 23.9 Å². The van der Waals surface area contributed by atoms with Crippen molar-refractivity contribution in [2.24, 2.45) is 5.92 Å². The predicted molar refractivity (Wildman–Crippen MR) is 104 cm³/mol. The maximum absolute atomic E-state index is 12.6. The molecule has 1 saturated heterocycles. The van der Waals surface area contributed by atoms with Crippen LogP contribution in [0.15, 0.2) is 6.33 Å². The van der Waals surface area contributed by atoms with Crippen LogP contribution in [-0.2, 0) is 9.59 Å². The highest BCUT2D eigenvalue weighted by molar-refractivity contribution is 7.18. The van der Waals surface area contributed by atoms with E-state index in [9.17, 15) is 14.7 Å². The third-order valence-corrected chi connectivity index (χ3v) is 7.20. The van der Waals surface area contributed by atoms with Crippen molar-refractivity contribution in [3.63, 3.8) is 0 Å². The van der Waals surface area contributed by atoms with E-state index in [1.165, 1.54) is 10.4 Å². The van der Waals surface area contributed by atoms with Crippen LogP contribution in [0.5, 0.6) is 0 Å². The average molecular weight is 388 g/mol. The number of nitrogens with one attached hydrogen (secondary N) is 1. The van der Waals surface area contributed by atoms with Gasteiger partial charge in [0.1, 0.15) is 22.5 Å². The normalized spacial score (nSPS) is 19.7. The van der Waals surface area contributed by atoms with E-state index < -0.39 is 11.5 Å². The van der Waals surface area contributed by atoms with Crippen molar-refractivity contribution >= 4 is 39.2 Å². The van der Waals surface area contributed by atoms with E-state index in [1.54, 1.807) is 17.7 Å². The highest BCUT2D eigenvalue weighted by atomic mass is 32.1. The van der Waals surface area contributed by atoms with E-state index in [0.29, 0.717) is 25.7 Å². The lowest BCUT2D eigenvalue weighted by molar-refractivity contribution is -0.152. The van der Waals surface area contributed by atoms with Crippen LogP contribution < -0.4 is 10.2 Å². The topological polar surface area (TPSA) is 95.4 Å². The fourth-order valence-corrected chi connectivity index (χ4v) is 5.01. The van der Waals surface area contributed by atoms with Crippen molar-refractivity contribution in [1.29, 1.82) is 0 Å². The van der Waals surface area contributed by atoms with Gasteiger partial charge in [0.2, 0.25) is 5.91 Å². The summed E-state index contributed by atoms with van der Waals surface area (Å²) in [7, 11) is 0. The minimum Gasteiger partial charge on any atom is -0.480 e. The fourth-order valence-electron chi connectivity index (χ4n) is 4.02. The molecule has 2 fully saturated rings. The maximum atomic E-state index is 12.6. The van der Waals surface area contributed by atoms with Gasteiger partial charge >= 0.3 is 5.97 Å². The first kappa shape index (κ1) is 18.2. The molecule has 2 N–H and O–H groups in total. The second-order valence-electron chi connectivity index (χ2n) is 7.65. The van der Waals surface area contributed by atoms with Crippen LogP contribution in [0.3, 0.4) is 0 Å². The summed E-state index contributed by atoms with van der Waals surface area (Å²) in [5.74, 6) is -0.222. The highest BCUT2D eigenvalue weighted by Gasteiger charge is 2.46. The Morgan fingerprint density at radius 1 is 1.26 bits per heavy atom. The average Bonchev–Trinajstić information content (AvgIpc) is 2.92. The zero-order valence-electron chi connectivity index (χ0n) is 15.6. The fraction of sp³-hybridized carbons (Fsp3) is 0.579. The van der Waals surface area contributed by atoms with Gasteiger partial charge in [0.05, 0.1) is 5.39 Å². The standard InChI is InChI=1S/C19H24N4O3S/c1-11-12(2)27-17-14(11)15(20-10-21-17)23-8-4-13(5-9-23)16(24)22-19(18(25)26)6-3-7-19/h10,13H,3-9H2,1-2H3,(H,22,24)(H,25,26). The Hall–Kier alpha value is -2.22. The molecule has 0 spiro atoms. The summed E-state index contributed by atoms with van der Waals surface area (Å²) in [5, 5.41) is 13.3. The lowest BCUT2D eigenvalue weighted by atomic mass is 9.76. The lowest BCUT2D eigenvalue weighted by Crippen LogP contribution is -2.60. The van der Waals surface area contributed by atoms with Gasteiger partial charge in [-0.05, 0) is 51.5 Å². The van der Waals surface area contributed by atoms with Gasteiger partial charge in [0.15, 0.2) is 0 Å². The van der Waals surface area contributed by atoms with Crippen molar-refractivity contribution in [3.8, 4) is 0 Å². The third-order valence-electron chi connectivity index (χ3n) is 6.09. The summed E-state index contributed by atoms with van der Waals surface area (Å²) in [6.07, 6.45) is 4.93. The number of fused-ring (bicyclic) bond motifs is 1. The second-order valence-corrected chi connectivity index (χ2v) is 8.86. The Balaban J connectivity index is 1.45. The summed E-state index contributed by atoms with van der Waals surface area (Å²) >= 11 is 1.68. The van der Waals surface area contributed by atoms with Crippen molar-refractivity contribution < 1.29 is 14.7 Å². The maximum Gasteiger partial charge on any atom is 0.329 e. The quantitative estimate of drug-likeness (QED) is 0.836. The number of anilines is 1. The van der Waals surface area contributed by atoms with E-state index in [-0.39, 0.29) is 11.8 Å². The monoisotopic (exact) mass is 388 g/mol. The first-order valence-corrected chi connectivity index (χ1v) is 10.2. The summed E-state index contributed by atoms with van der Waals surface area (Å²) in [5.41, 5.74) is 0.192. The van der Waals surface area contributed by atoms with E-state index in [4.69, 9.17) is 0 Å². The van der Waals surface area contributed by atoms with Crippen LogP contribution in [-0.4, -0.2) is 45.6 Å². The smallest absolute Gasteiger partial charge is 0.329 e. The number of carboxylic acids is 1. The number of carboxylic acid groups (broad SMARTS) is 1. The molecule has 1 saturated carbocycles. The molecule has 1 aliphatic carbocycles. The van der Waals surface area contributed by atoms with Crippen LogP contribution >= 0.6 is 11.3 Å². The van der Waals surface area contributed by atoms with Gasteiger partial charge in [-0.15, -0.1) is 11.3 Å². The zero-order chi connectivity index (χ0) is 19.2. The van der Waals surface area contributed by atoms with Gasteiger partial charge in [0.25, 0.3) is 0 Å². The molecule has 27 heavy (non-hydrogen) atoms. The minimum atomic E-state index is -1.03. The predicted octanol–water partition coefficient (Wildman–Crippen LogP) is 2.65. The van der Waals surface area contributed by atoms with E-state index >= 15 is 0 Å². The van der Waals surface area contributed by atoms with Gasteiger partial charge in [-0.25, -0.2) is 14.8 Å². The molecule has 3 heterocycles.